The Morgan fingerprint density at radius 1 is 1.22 bits per heavy atom. The average molecular weight is 689 g/mol. The van der Waals surface area contributed by atoms with Crippen molar-refractivity contribution in [1.29, 1.82) is 0 Å². The highest BCUT2D eigenvalue weighted by Crippen LogP contribution is 2.62. The number of cyclic esters (lactones) is 1. The van der Waals surface area contributed by atoms with Gasteiger partial charge in [-0.25, -0.2) is 24.5 Å². The highest BCUT2D eigenvalue weighted by molar-refractivity contribution is 6.18. The fraction of sp³-hybridized carbons (Fsp3) is 0.541. The van der Waals surface area contributed by atoms with Crippen LogP contribution in [-0.4, -0.2) is 99.7 Å². The highest BCUT2D eigenvalue weighted by Gasteiger charge is 2.60. The number of allylic oxidation sites excluding steroid dienone is 1. The Labute approximate surface area is 292 Å². The molecule has 2 saturated carbocycles. The second kappa shape index (κ2) is 14.6. The maximum atomic E-state index is 13.9. The van der Waals surface area contributed by atoms with Crippen LogP contribution in [-0.2, 0) is 23.8 Å². The van der Waals surface area contributed by atoms with Crippen LogP contribution in [0.15, 0.2) is 66.3 Å². The van der Waals surface area contributed by atoms with Crippen LogP contribution in [0.25, 0.3) is 5.57 Å². The Bertz CT molecular complexity index is 1640. The minimum Gasteiger partial charge on any atom is -0.462 e. The lowest BCUT2D eigenvalue weighted by atomic mass is 9.45. The van der Waals surface area contributed by atoms with E-state index in [1.807, 2.05) is 25.1 Å². The second-order valence-corrected chi connectivity index (χ2v) is 14.2. The van der Waals surface area contributed by atoms with Gasteiger partial charge in [0.05, 0.1) is 44.1 Å². The first-order valence-corrected chi connectivity index (χ1v) is 17.4. The van der Waals surface area contributed by atoms with Crippen molar-refractivity contribution in [3.63, 3.8) is 0 Å². The molecule has 3 fully saturated rings. The predicted octanol–water partition coefficient (Wildman–Crippen LogP) is 3.13. The molecule has 0 radical (unpaired) electrons. The van der Waals surface area contributed by atoms with E-state index in [2.05, 4.69) is 32.1 Å². The molecule has 2 aliphatic heterocycles. The van der Waals surface area contributed by atoms with Gasteiger partial charge in [-0.2, -0.15) is 0 Å². The Morgan fingerprint density at radius 2 is 1.96 bits per heavy atom. The van der Waals surface area contributed by atoms with Crippen LogP contribution in [0.2, 0.25) is 0 Å². The third kappa shape index (κ3) is 6.67. The van der Waals surface area contributed by atoms with Crippen molar-refractivity contribution in [3.8, 4) is 0 Å². The highest BCUT2D eigenvalue weighted by atomic mass is 16.6. The molecule has 2 aliphatic carbocycles. The molecule has 0 amide bonds. The molecular weight excluding hydrogens is 640 g/mol. The van der Waals surface area contributed by atoms with E-state index >= 15 is 0 Å². The molecule has 7 atom stereocenters. The number of aliphatic hydroxyl groups excluding tert-OH is 2. The number of carbonyl (C=O) groups excluding carboxylic acids is 2. The zero-order chi connectivity index (χ0) is 35.6. The zero-order valence-electron chi connectivity index (χ0n) is 29.0. The first-order valence-electron chi connectivity index (χ1n) is 17.4. The molecule has 2 aromatic rings. The molecule has 1 saturated heterocycles. The van der Waals surface area contributed by atoms with E-state index in [1.54, 1.807) is 19.2 Å². The number of morpholine rings is 1. The number of aliphatic hydroxyl groups is 2. The molecule has 268 valence electrons. The summed E-state index contributed by atoms with van der Waals surface area (Å²) in [5.41, 5.74) is 6.29. The average Bonchev–Trinajstić information content (AvgIpc) is 3.50. The van der Waals surface area contributed by atoms with Crippen LogP contribution in [0.1, 0.15) is 52.0 Å². The summed E-state index contributed by atoms with van der Waals surface area (Å²) < 4.78 is 16.9. The van der Waals surface area contributed by atoms with E-state index in [-0.39, 0.29) is 53.8 Å². The van der Waals surface area contributed by atoms with Gasteiger partial charge in [0.15, 0.2) is 0 Å². The fourth-order valence-electron chi connectivity index (χ4n) is 8.74. The van der Waals surface area contributed by atoms with Crippen molar-refractivity contribution < 1.29 is 34.0 Å². The lowest BCUT2D eigenvalue weighted by Gasteiger charge is -2.62. The number of nitrogens with zero attached hydrogens (tertiary/aromatic N) is 4. The number of anilines is 2. The van der Waals surface area contributed by atoms with E-state index < -0.39 is 29.5 Å². The van der Waals surface area contributed by atoms with Gasteiger partial charge in [0.1, 0.15) is 17.2 Å². The number of hydrogen-bond acceptors (Lipinski definition) is 13. The maximum Gasteiger partial charge on any atom is 0.342 e. The van der Waals surface area contributed by atoms with Gasteiger partial charge in [0.2, 0.25) is 5.95 Å². The van der Waals surface area contributed by atoms with E-state index in [1.165, 1.54) is 12.4 Å². The zero-order valence-corrected chi connectivity index (χ0v) is 29.0. The van der Waals surface area contributed by atoms with Crippen molar-refractivity contribution in [1.82, 2.24) is 19.9 Å². The summed E-state index contributed by atoms with van der Waals surface area (Å²) >= 11 is 0. The third-order valence-corrected chi connectivity index (χ3v) is 11.5. The minimum absolute atomic E-state index is 0.00505. The van der Waals surface area contributed by atoms with Crippen LogP contribution in [0.4, 0.5) is 11.8 Å². The number of nitrogens with two attached hydrogens (primary N) is 1. The topological polar surface area (TPSA) is 182 Å². The number of nitrogen functional groups attached to an aromatic ring is 1. The molecule has 0 bridgehead atoms. The van der Waals surface area contributed by atoms with Crippen molar-refractivity contribution in [3.05, 3.63) is 71.9 Å². The molecule has 0 aromatic carbocycles. The summed E-state index contributed by atoms with van der Waals surface area (Å²) in [5.74, 6) is -0.857. The molecule has 13 heteroatoms. The number of nitrogens with one attached hydrogen (secondary N) is 1. The summed E-state index contributed by atoms with van der Waals surface area (Å²) in [6.07, 6.45) is 7.84. The molecule has 4 heterocycles. The summed E-state index contributed by atoms with van der Waals surface area (Å²) in [7, 11) is 0. The lowest BCUT2D eigenvalue weighted by Crippen LogP contribution is -2.62. The van der Waals surface area contributed by atoms with Gasteiger partial charge in [-0.05, 0) is 68.1 Å². The van der Waals surface area contributed by atoms with E-state index in [0.29, 0.717) is 43.0 Å². The first-order chi connectivity index (χ1) is 24.0. The fourth-order valence-corrected chi connectivity index (χ4v) is 8.74. The molecular formula is C37H48N6O7. The van der Waals surface area contributed by atoms with Gasteiger partial charge < -0.3 is 35.5 Å². The number of rotatable bonds is 10. The Kier molecular flexibility index (Phi) is 10.4. The molecule has 13 nitrogen and oxygen atoms in total. The van der Waals surface area contributed by atoms with Crippen molar-refractivity contribution in [2.24, 2.45) is 22.7 Å². The number of fused-ring (bicyclic) bond motifs is 1. The Morgan fingerprint density at radius 3 is 2.62 bits per heavy atom. The van der Waals surface area contributed by atoms with Gasteiger partial charge >= 0.3 is 11.9 Å². The summed E-state index contributed by atoms with van der Waals surface area (Å²) in [6, 6.07) is 4.89. The number of carbonyl (C=O) groups is 2. The van der Waals surface area contributed by atoms with Crippen molar-refractivity contribution >= 4 is 29.3 Å². The Hall–Kier alpha value is -4.17. The van der Waals surface area contributed by atoms with Gasteiger partial charge in [-0.3, -0.25) is 4.90 Å². The molecule has 5 N–H and O–H groups in total. The molecule has 0 spiro atoms. The number of esters is 2. The van der Waals surface area contributed by atoms with E-state index in [4.69, 9.17) is 26.5 Å². The summed E-state index contributed by atoms with van der Waals surface area (Å²) in [4.78, 5) is 42.1. The predicted molar refractivity (Wildman–Crippen MR) is 186 cm³/mol. The van der Waals surface area contributed by atoms with Crippen molar-refractivity contribution in [2.75, 3.05) is 50.6 Å². The quantitative estimate of drug-likeness (QED) is 0.163. The standard InChI is InChI=1S/C37H48N6O7/c1-5-49-34(47)32(23-19-40-35(38)41-20-23)28-16-24(33(46)50-28)26(42-31-8-6-7-11-39-31)17-25-22(2)27(43-12-14-48-15-13-43)18-29-36(25,3)10-9-30(45)37(29,4)21-44/h6-8,11,16,19-20,25-27,29-30,44-45H,2,5,9-10,12-15,17-18,21H2,1,3-4H3,(H,39,42)(H2,38,40,41)/t25?,26?,27?,29?,30-,36-,37+/m1/s1. The number of pyridine rings is 1. The SMILES string of the molecule is C=C1C(N2CCOCC2)CC2[C@](C)(CC[C@@H](O)[C@@]2(C)CO)C1CC(Nc1ccccn1)C1=CC(=C(C(=O)OCC)c2cnc(N)nc2)OC1=O. The van der Waals surface area contributed by atoms with E-state index in [9.17, 15) is 19.8 Å². The third-order valence-electron chi connectivity index (χ3n) is 11.5. The van der Waals surface area contributed by atoms with Crippen molar-refractivity contribution in [2.45, 2.75) is 64.6 Å². The largest absolute Gasteiger partial charge is 0.462 e. The maximum absolute atomic E-state index is 13.9. The number of ether oxygens (including phenoxy) is 3. The van der Waals surface area contributed by atoms with Crippen LogP contribution >= 0.6 is 0 Å². The van der Waals surface area contributed by atoms with Crippen LogP contribution < -0.4 is 11.1 Å². The van der Waals surface area contributed by atoms with Crippen LogP contribution in [0.5, 0.6) is 0 Å². The summed E-state index contributed by atoms with van der Waals surface area (Å²) in [6.45, 7) is 13.4. The minimum atomic E-state index is -0.725. The normalized spacial score (nSPS) is 31.7. The molecule has 4 aliphatic rings. The monoisotopic (exact) mass is 688 g/mol. The smallest absolute Gasteiger partial charge is 0.342 e. The Balaban J connectivity index is 1.45. The van der Waals surface area contributed by atoms with Gasteiger partial charge in [0.25, 0.3) is 0 Å². The molecule has 4 unspecified atom stereocenters. The lowest BCUT2D eigenvalue weighted by molar-refractivity contribution is -0.163. The molecule has 2 aromatic heterocycles. The first kappa shape index (κ1) is 35.6. The molecule has 50 heavy (non-hydrogen) atoms. The van der Waals surface area contributed by atoms with E-state index in [0.717, 1.165) is 31.5 Å². The molecule has 6 rings (SSSR count). The van der Waals surface area contributed by atoms with Crippen LogP contribution in [0.3, 0.4) is 0 Å². The second-order valence-electron chi connectivity index (χ2n) is 14.2. The van der Waals surface area contributed by atoms with Gasteiger partial charge in [-0.1, -0.05) is 32.1 Å². The summed E-state index contributed by atoms with van der Waals surface area (Å²) in [5, 5.41) is 25.6. The number of aromatic nitrogens is 3. The van der Waals surface area contributed by atoms with Gasteiger partial charge in [0, 0.05) is 48.7 Å². The number of hydrogen-bond donors (Lipinski definition) is 4. The van der Waals surface area contributed by atoms with Crippen LogP contribution in [0, 0.1) is 22.7 Å². The van der Waals surface area contributed by atoms with Gasteiger partial charge in [-0.15, -0.1) is 0 Å².